The maximum absolute atomic E-state index is 13.1. The third-order valence-corrected chi connectivity index (χ3v) is 4.62. The Hall–Kier alpha value is -2.03. The summed E-state index contributed by atoms with van der Waals surface area (Å²) in [5, 5.41) is 9.42. The zero-order chi connectivity index (χ0) is 18.2. The molecule has 0 spiro atoms. The van der Waals surface area contributed by atoms with Crippen LogP contribution >= 0.6 is 0 Å². The Morgan fingerprint density at radius 1 is 1.28 bits per heavy atom. The second-order valence-corrected chi connectivity index (χ2v) is 6.24. The van der Waals surface area contributed by atoms with Crippen molar-refractivity contribution in [3.63, 3.8) is 0 Å². The smallest absolute Gasteiger partial charge is 0.308 e. The lowest BCUT2D eigenvalue weighted by atomic mass is 9.89. The van der Waals surface area contributed by atoms with Crippen LogP contribution in [0.25, 0.3) is 0 Å². The number of carboxylic acids is 1. The largest absolute Gasteiger partial charge is 0.481 e. The maximum atomic E-state index is 13.1. The van der Waals surface area contributed by atoms with Crippen molar-refractivity contribution in [2.75, 3.05) is 26.4 Å². The molecule has 25 heavy (non-hydrogen) atoms. The Morgan fingerprint density at radius 3 is 2.68 bits per heavy atom. The van der Waals surface area contributed by atoms with E-state index >= 15 is 0 Å². The Bertz CT molecular complexity index is 655. The molecule has 0 aromatic heterocycles. The molecule has 2 aliphatic heterocycles. The summed E-state index contributed by atoms with van der Waals surface area (Å²) >= 11 is 0. The van der Waals surface area contributed by atoms with Crippen molar-refractivity contribution in [2.24, 2.45) is 5.92 Å². The number of carboxylic acid groups (broad SMARTS) is 1. The van der Waals surface area contributed by atoms with Crippen LogP contribution in [0.1, 0.15) is 17.9 Å². The van der Waals surface area contributed by atoms with E-state index in [1.54, 1.807) is 18.2 Å². The van der Waals surface area contributed by atoms with Crippen molar-refractivity contribution in [1.82, 2.24) is 4.90 Å². The van der Waals surface area contributed by atoms with Gasteiger partial charge >= 0.3 is 18.3 Å². The number of nitrogens with zero attached hydrogens (tertiary/aromatic N) is 1. The Labute approximate surface area is 141 Å². The van der Waals surface area contributed by atoms with Crippen LogP contribution in [0.2, 0.25) is 0 Å². The van der Waals surface area contributed by atoms with Crippen LogP contribution in [-0.2, 0) is 4.79 Å². The van der Waals surface area contributed by atoms with Crippen molar-refractivity contribution >= 4 is 5.97 Å². The van der Waals surface area contributed by atoms with E-state index in [1.807, 2.05) is 0 Å². The third-order valence-electron chi connectivity index (χ3n) is 4.62. The topological polar surface area (TPSA) is 59.0 Å². The number of hydrogen-bond acceptors (Lipinski definition) is 4. The molecule has 2 atom stereocenters. The number of fused-ring (bicyclic) bond motifs is 1. The summed E-state index contributed by atoms with van der Waals surface area (Å²) in [6.45, 7) is 0.0342. The highest BCUT2D eigenvalue weighted by atomic mass is 19.3. The lowest BCUT2D eigenvalue weighted by molar-refractivity contribution is -0.142. The molecule has 0 aliphatic carbocycles. The molecule has 1 aromatic rings. The van der Waals surface area contributed by atoms with Crippen LogP contribution in [0.4, 0.5) is 17.6 Å². The molecule has 1 aromatic carbocycles. The van der Waals surface area contributed by atoms with Gasteiger partial charge in [0, 0.05) is 32.0 Å². The fourth-order valence-electron chi connectivity index (χ4n) is 3.22. The van der Waals surface area contributed by atoms with Gasteiger partial charge < -0.3 is 19.5 Å². The second-order valence-electron chi connectivity index (χ2n) is 6.24. The van der Waals surface area contributed by atoms with E-state index in [0.29, 0.717) is 17.1 Å². The van der Waals surface area contributed by atoms with E-state index in [4.69, 9.17) is 9.47 Å². The van der Waals surface area contributed by atoms with Crippen molar-refractivity contribution in [3.8, 4) is 11.5 Å². The monoisotopic (exact) mass is 363 g/mol. The van der Waals surface area contributed by atoms with Crippen molar-refractivity contribution in [2.45, 2.75) is 24.7 Å². The second kappa shape index (κ2) is 6.70. The number of ether oxygens (including phenoxy) is 2. The number of alkyl halides is 4. The summed E-state index contributed by atoms with van der Waals surface area (Å²) in [4.78, 5) is 13.0. The minimum Gasteiger partial charge on any atom is -0.481 e. The first-order valence-corrected chi connectivity index (χ1v) is 7.78. The van der Waals surface area contributed by atoms with Gasteiger partial charge in [-0.2, -0.15) is 0 Å². The molecule has 0 bridgehead atoms. The van der Waals surface area contributed by atoms with Crippen LogP contribution in [-0.4, -0.2) is 54.8 Å². The van der Waals surface area contributed by atoms with Gasteiger partial charge in [-0.15, -0.1) is 0 Å². The average Bonchev–Trinajstić information content (AvgIpc) is 3.18. The fourth-order valence-corrected chi connectivity index (χ4v) is 3.22. The number of likely N-dealkylation sites (tertiary alicyclic amines) is 1. The number of hydrogen-bond donors (Lipinski definition) is 1. The van der Waals surface area contributed by atoms with E-state index < -0.39 is 36.6 Å². The van der Waals surface area contributed by atoms with Crippen LogP contribution in [0, 0.1) is 5.92 Å². The molecule has 1 N–H and O–H groups in total. The first-order valence-electron chi connectivity index (χ1n) is 7.78. The molecule has 9 heteroatoms. The molecule has 0 unspecified atom stereocenters. The zero-order valence-electron chi connectivity index (χ0n) is 13.1. The summed E-state index contributed by atoms with van der Waals surface area (Å²) in [5.41, 5.74) is 0.694. The summed E-state index contributed by atoms with van der Waals surface area (Å²) in [6.07, 6.45) is -4.74. The lowest BCUT2D eigenvalue weighted by Gasteiger charge is -2.20. The molecule has 3 rings (SSSR count). The van der Waals surface area contributed by atoms with E-state index in [9.17, 15) is 27.5 Å². The predicted molar refractivity (Wildman–Crippen MR) is 78.4 cm³/mol. The highest BCUT2D eigenvalue weighted by Crippen LogP contribution is 2.39. The maximum Gasteiger partial charge on any atom is 0.308 e. The van der Waals surface area contributed by atoms with Gasteiger partial charge in [0.2, 0.25) is 6.79 Å². The molecular weight excluding hydrogens is 346 g/mol. The summed E-state index contributed by atoms with van der Waals surface area (Å²) < 4.78 is 61.2. The quantitative estimate of drug-likeness (QED) is 0.788. The van der Waals surface area contributed by atoms with Gasteiger partial charge in [-0.3, -0.25) is 4.79 Å². The highest BCUT2D eigenvalue weighted by molar-refractivity contribution is 5.72. The van der Waals surface area contributed by atoms with E-state index in [2.05, 4.69) is 0 Å². The van der Waals surface area contributed by atoms with E-state index in [0.717, 1.165) is 0 Å². The minimum absolute atomic E-state index is 0.0355. The van der Waals surface area contributed by atoms with Crippen LogP contribution < -0.4 is 9.47 Å². The van der Waals surface area contributed by atoms with Crippen molar-refractivity contribution < 1.29 is 36.9 Å². The normalized spacial score (nSPS) is 23.4. The average molecular weight is 363 g/mol. The van der Waals surface area contributed by atoms with Gasteiger partial charge in [-0.25, -0.2) is 17.6 Å². The predicted octanol–water partition coefficient (Wildman–Crippen LogP) is 2.81. The number of carbonyl (C=O) groups is 1. The van der Waals surface area contributed by atoms with Crippen LogP contribution in [0.5, 0.6) is 11.5 Å². The Kier molecular flexibility index (Phi) is 4.77. The minimum atomic E-state index is -4.07. The molecule has 0 radical (unpaired) electrons. The number of rotatable bonds is 6. The van der Waals surface area contributed by atoms with E-state index in [-0.39, 0.29) is 26.4 Å². The van der Waals surface area contributed by atoms with Crippen molar-refractivity contribution in [3.05, 3.63) is 23.8 Å². The van der Waals surface area contributed by atoms with Gasteiger partial charge in [0.25, 0.3) is 0 Å². The van der Waals surface area contributed by atoms with Gasteiger partial charge in [0.15, 0.2) is 11.5 Å². The standard InChI is InChI=1S/C16H17F4NO4/c17-15(18)16(19,20)3-4-21-6-10(11(7-21)14(22)23)9-1-2-12-13(5-9)25-8-24-12/h1-2,5,10-11,15H,3-4,6-8H2,(H,22,23)/t10-,11+/m0/s1. The number of aliphatic carboxylic acids is 1. The summed E-state index contributed by atoms with van der Waals surface area (Å²) in [6, 6.07) is 5.07. The van der Waals surface area contributed by atoms with Gasteiger partial charge in [-0.1, -0.05) is 6.07 Å². The molecule has 1 saturated heterocycles. The third kappa shape index (κ3) is 3.65. The molecule has 5 nitrogen and oxygen atoms in total. The van der Waals surface area contributed by atoms with Gasteiger partial charge in [-0.05, 0) is 17.7 Å². The van der Waals surface area contributed by atoms with Gasteiger partial charge in [0.05, 0.1) is 5.92 Å². The van der Waals surface area contributed by atoms with Crippen LogP contribution in [0.3, 0.4) is 0 Å². The zero-order valence-corrected chi connectivity index (χ0v) is 13.1. The Morgan fingerprint density at radius 2 is 2.00 bits per heavy atom. The molecule has 138 valence electrons. The number of halogens is 4. The van der Waals surface area contributed by atoms with Crippen LogP contribution in [0.15, 0.2) is 18.2 Å². The summed E-state index contributed by atoms with van der Waals surface area (Å²) in [5.74, 6) is -5.31. The molecule has 0 saturated carbocycles. The Balaban J connectivity index is 1.72. The number of benzene rings is 1. The molecule has 0 amide bonds. The molecular formula is C16H17F4NO4. The molecule has 2 aliphatic rings. The first kappa shape index (κ1) is 17.8. The highest BCUT2D eigenvalue weighted by Gasteiger charge is 2.43. The van der Waals surface area contributed by atoms with Crippen molar-refractivity contribution in [1.29, 1.82) is 0 Å². The fraction of sp³-hybridized carbons (Fsp3) is 0.562. The van der Waals surface area contributed by atoms with E-state index in [1.165, 1.54) is 4.90 Å². The lowest BCUT2D eigenvalue weighted by Crippen LogP contribution is -2.33. The van der Waals surface area contributed by atoms with Gasteiger partial charge in [0.1, 0.15) is 0 Å². The summed E-state index contributed by atoms with van der Waals surface area (Å²) in [7, 11) is 0. The molecule has 2 heterocycles. The first-order chi connectivity index (χ1) is 11.8. The SMILES string of the molecule is O=C(O)[C@@H]1CN(CCC(F)(F)C(F)F)C[C@H]1c1ccc2c(c1)OCO2. The molecule has 1 fully saturated rings.